The van der Waals surface area contributed by atoms with Crippen molar-refractivity contribution in [2.45, 2.75) is 38.3 Å². The summed E-state index contributed by atoms with van der Waals surface area (Å²) in [5.74, 6) is 6.56. The van der Waals surface area contributed by atoms with Gasteiger partial charge in [-0.2, -0.15) is 0 Å². The first-order valence-electron chi connectivity index (χ1n) is 6.65. The molecule has 0 amide bonds. The topological polar surface area (TPSA) is 56.5 Å². The average molecular weight is 250 g/mol. The maximum absolute atomic E-state index is 5.79. The fourth-order valence-corrected chi connectivity index (χ4v) is 2.38. The number of ether oxygens (including phenoxy) is 2. The predicted molar refractivity (Wildman–Crippen MR) is 71.3 cm³/mol. The zero-order chi connectivity index (χ0) is 12.8. The standard InChI is InChI=1S/C14H22N2O2/c1-2-17-12-8-6-11(7-9-12)14(16-15)13-5-3-4-10-18-13/h6-9,13-14,16H,2-5,10,15H2,1H3. The van der Waals surface area contributed by atoms with Crippen LogP contribution in [0.15, 0.2) is 24.3 Å². The van der Waals surface area contributed by atoms with Crippen molar-refractivity contribution in [3.63, 3.8) is 0 Å². The summed E-state index contributed by atoms with van der Waals surface area (Å²) in [7, 11) is 0. The molecule has 3 N–H and O–H groups in total. The summed E-state index contributed by atoms with van der Waals surface area (Å²) in [5.41, 5.74) is 4.02. The Hall–Kier alpha value is -1.10. The van der Waals surface area contributed by atoms with Gasteiger partial charge in [0.25, 0.3) is 0 Å². The second kappa shape index (κ2) is 6.73. The maximum atomic E-state index is 5.79. The Morgan fingerprint density at radius 1 is 1.39 bits per heavy atom. The highest BCUT2D eigenvalue weighted by molar-refractivity contribution is 5.29. The Labute approximate surface area is 108 Å². The molecule has 4 heteroatoms. The van der Waals surface area contributed by atoms with Gasteiger partial charge in [0.2, 0.25) is 0 Å². The number of nitrogens with two attached hydrogens (primary N) is 1. The van der Waals surface area contributed by atoms with Gasteiger partial charge in [-0.3, -0.25) is 11.3 Å². The van der Waals surface area contributed by atoms with Crippen molar-refractivity contribution < 1.29 is 9.47 Å². The quantitative estimate of drug-likeness (QED) is 0.621. The van der Waals surface area contributed by atoms with Crippen LogP contribution in [0.3, 0.4) is 0 Å². The van der Waals surface area contributed by atoms with Crippen molar-refractivity contribution in [1.29, 1.82) is 0 Å². The van der Waals surface area contributed by atoms with E-state index in [1.165, 1.54) is 6.42 Å². The van der Waals surface area contributed by atoms with E-state index in [0.29, 0.717) is 6.61 Å². The Morgan fingerprint density at radius 3 is 2.72 bits per heavy atom. The summed E-state index contributed by atoms with van der Waals surface area (Å²) in [6.07, 6.45) is 3.58. The van der Waals surface area contributed by atoms with Crippen molar-refractivity contribution in [1.82, 2.24) is 5.43 Å². The van der Waals surface area contributed by atoms with Crippen LogP contribution < -0.4 is 16.0 Å². The van der Waals surface area contributed by atoms with Gasteiger partial charge < -0.3 is 9.47 Å². The average Bonchev–Trinajstić information content (AvgIpc) is 2.43. The third-order valence-electron chi connectivity index (χ3n) is 3.32. The molecule has 0 spiro atoms. The second-order valence-electron chi connectivity index (χ2n) is 4.55. The fraction of sp³-hybridized carbons (Fsp3) is 0.571. The zero-order valence-electron chi connectivity index (χ0n) is 10.9. The molecule has 0 aromatic heterocycles. The lowest BCUT2D eigenvalue weighted by molar-refractivity contribution is -0.00822. The van der Waals surface area contributed by atoms with E-state index in [-0.39, 0.29) is 12.1 Å². The third-order valence-corrected chi connectivity index (χ3v) is 3.32. The van der Waals surface area contributed by atoms with Crippen LogP contribution >= 0.6 is 0 Å². The molecule has 1 fully saturated rings. The summed E-state index contributed by atoms with van der Waals surface area (Å²) in [5, 5.41) is 0. The molecular formula is C14H22N2O2. The van der Waals surface area contributed by atoms with Crippen LogP contribution in [0, 0.1) is 0 Å². The van der Waals surface area contributed by atoms with Crippen LogP contribution in [-0.4, -0.2) is 19.3 Å². The van der Waals surface area contributed by atoms with Crippen LogP contribution in [0.5, 0.6) is 5.75 Å². The Balaban J connectivity index is 2.06. The first-order valence-corrected chi connectivity index (χ1v) is 6.65. The highest BCUT2D eigenvalue weighted by Crippen LogP contribution is 2.27. The van der Waals surface area contributed by atoms with Crippen LogP contribution in [0.1, 0.15) is 37.8 Å². The van der Waals surface area contributed by atoms with Gasteiger partial charge in [-0.1, -0.05) is 12.1 Å². The van der Waals surface area contributed by atoms with Crippen molar-refractivity contribution in [2.24, 2.45) is 5.84 Å². The van der Waals surface area contributed by atoms with Crippen molar-refractivity contribution >= 4 is 0 Å². The minimum atomic E-state index is 0.0565. The summed E-state index contributed by atoms with van der Waals surface area (Å²) in [4.78, 5) is 0. The summed E-state index contributed by atoms with van der Waals surface area (Å²) in [6.45, 7) is 3.50. The van der Waals surface area contributed by atoms with Gasteiger partial charge in [-0.15, -0.1) is 0 Å². The van der Waals surface area contributed by atoms with Crippen LogP contribution in [0.25, 0.3) is 0 Å². The summed E-state index contributed by atoms with van der Waals surface area (Å²) < 4.78 is 11.2. The predicted octanol–water partition coefficient (Wildman–Crippen LogP) is 2.16. The molecule has 0 radical (unpaired) electrons. The molecule has 1 aliphatic rings. The molecule has 100 valence electrons. The van der Waals surface area contributed by atoms with Crippen LogP contribution in [-0.2, 0) is 4.74 Å². The molecule has 0 saturated carbocycles. The molecule has 1 saturated heterocycles. The first-order chi connectivity index (χ1) is 8.85. The van der Waals surface area contributed by atoms with E-state index in [2.05, 4.69) is 5.43 Å². The highest BCUT2D eigenvalue weighted by atomic mass is 16.5. The van der Waals surface area contributed by atoms with E-state index in [1.54, 1.807) is 0 Å². The molecule has 1 aliphatic heterocycles. The molecular weight excluding hydrogens is 228 g/mol. The molecule has 2 rings (SSSR count). The van der Waals surface area contributed by atoms with E-state index in [0.717, 1.165) is 30.8 Å². The van der Waals surface area contributed by atoms with Gasteiger partial charge in [0.1, 0.15) is 5.75 Å². The highest BCUT2D eigenvalue weighted by Gasteiger charge is 2.24. The first kappa shape index (κ1) is 13.3. The number of hydrogen-bond acceptors (Lipinski definition) is 4. The molecule has 0 bridgehead atoms. The van der Waals surface area contributed by atoms with Crippen molar-refractivity contribution in [3.05, 3.63) is 29.8 Å². The van der Waals surface area contributed by atoms with Gasteiger partial charge in [-0.05, 0) is 43.9 Å². The Morgan fingerprint density at radius 2 is 2.17 bits per heavy atom. The molecule has 4 nitrogen and oxygen atoms in total. The Bertz CT molecular complexity index is 347. The third kappa shape index (κ3) is 3.22. The van der Waals surface area contributed by atoms with E-state index < -0.39 is 0 Å². The summed E-state index contributed by atoms with van der Waals surface area (Å²) in [6, 6.07) is 8.11. The van der Waals surface area contributed by atoms with Gasteiger partial charge in [-0.25, -0.2) is 0 Å². The Kier molecular flexibility index (Phi) is 4.99. The monoisotopic (exact) mass is 250 g/mol. The van der Waals surface area contributed by atoms with Gasteiger partial charge in [0.05, 0.1) is 18.8 Å². The molecule has 2 atom stereocenters. The molecule has 1 aromatic rings. The molecule has 2 unspecified atom stereocenters. The largest absolute Gasteiger partial charge is 0.494 e. The number of nitrogens with one attached hydrogen (secondary N) is 1. The van der Waals surface area contributed by atoms with E-state index in [9.17, 15) is 0 Å². The molecule has 18 heavy (non-hydrogen) atoms. The van der Waals surface area contributed by atoms with E-state index in [4.69, 9.17) is 15.3 Å². The second-order valence-corrected chi connectivity index (χ2v) is 4.55. The molecule has 0 aliphatic carbocycles. The van der Waals surface area contributed by atoms with Crippen molar-refractivity contribution in [3.8, 4) is 5.75 Å². The van der Waals surface area contributed by atoms with E-state index >= 15 is 0 Å². The maximum Gasteiger partial charge on any atom is 0.119 e. The lowest BCUT2D eigenvalue weighted by atomic mass is 9.96. The molecule has 1 heterocycles. The minimum absolute atomic E-state index is 0.0565. The van der Waals surface area contributed by atoms with Crippen molar-refractivity contribution in [2.75, 3.05) is 13.2 Å². The van der Waals surface area contributed by atoms with Gasteiger partial charge in [0, 0.05) is 6.61 Å². The minimum Gasteiger partial charge on any atom is -0.494 e. The number of hydrazine groups is 1. The zero-order valence-corrected chi connectivity index (χ0v) is 10.9. The molecule has 1 aromatic carbocycles. The normalized spacial score (nSPS) is 21.6. The van der Waals surface area contributed by atoms with Crippen LogP contribution in [0.4, 0.5) is 0 Å². The SMILES string of the molecule is CCOc1ccc(C(NN)C2CCCCO2)cc1. The number of rotatable bonds is 5. The summed E-state index contributed by atoms with van der Waals surface area (Å²) >= 11 is 0. The lowest BCUT2D eigenvalue weighted by Crippen LogP contribution is -2.39. The van der Waals surface area contributed by atoms with Gasteiger partial charge in [0.15, 0.2) is 0 Å². The smallest absolute Gasteiger partial charge is 0.119 e. The lowest BCUT2D eigenvalue weighted by Gasteiger charge is -2.30. The van der Waals surface area contributed by atoms with Gasteiger partial charge >= 0.3 is 0 Å². The van der Waals surface area contributed by atoms with E-state index in [1.807, 2.05) is 31.2 Å². The number of benzene rings is 1. The number of hydrogen-bond donors (Lipinski definition) is 2. The fourth-order valence-electron chi connectivity index (χ4n) is 2.38. The van der Waals surface area contributed by atoms with Crippen LogP contribution in [0.2, 0.25) is 0 Å².